The van der Waals surface area contributed by atoms with E-state index in [1.54, 1.807) is 0 Å². The summed E-state index contributed by atoms with van der Waals surface area (Å²) in [7, 11) is 1.25. The van der Waals surface area contributed by atoms with Crippen molar-refractivity contribution in [3.05, 3.63) is 71.3 Å². The molecule has 0 spiro atoms. The second kappa shape index (κ2) is 13.7. The first-order valence-corrected chi connectivity index (χ1v) is 11.9. The molecule has 2 aromatic rings. The number of methoxy groups -OCH3 is 1. The Labute approximate surface area is 218 Å². The van der Waals surface area contributed by atoms with Crippen LogP contribution in [0.25, 0.3) is 0 Å². The molecular formula is C28H35N5O4. The number of rotatable bonds is 9. The summed E-state index contributed by atoms with van der Waals surface area (Å²) in [6, 6.07) is 15.2. The molecule has 2 aromatic carbocycles. The molecule has 0 radical (unpaired) electrons. The Morgan fingerprint density at radius 2 is 1.57 bits per heavy atom. The first kappa shape index (κ1) is 28.9. The summed E-state index contributed by atoms with van der Waals surface area (Å²) < 4.78 is 4.85. The summed E-state index contributed by atoms with van der Waals surface area (Å²) in [6.45, 7) is 5.50. The van der Waals surface area contributed by atoms with Gasteiger partial charge in [0, 0.05) is 17.5 Å². The van der Waals surface area contributed by atoms with Crippen LogP contribution in [-0.2, 0) is 25.5 Å². The lowest BCUT2D eigenvalue weighted by Gasteiger charge is -2.23. The molecule has 9 heteroatoms. The van der Waals surface area contributed by atoms with Gasteiger partial charge in [0.2, 0.25) is 11.8 Å². The third kappa shape index (κ3) is 10.9. The fourth-order valence-electron chi connectivity index (χ4n) is 3.45. The predicted octanol–water partition coefficient (Wildman–Crippen LogP) is 1.48. The van der Waals surface area contributed by atoms with Crippen molar-refractivity contribution in [2.24, 2.45) is 21.9 Å². The maximum atomic E-state index is 12.6. The molecule has 0 saturated heterocycles. The average Bonchev–Trinajstić information content (AvgIpc) is 2.85. The summed E-state index contributed by atoms with van der Waals surface area (Å²) in [4.78, 5) is 41.4. The van der Waals surface area contributed by atoms with E-state index < -0.39 is 29.9 Å². The third-order valence-corrected chi connectivity index (χ3v) is 5.18. The van der Waals surface area contributed by atoms with E-state index in [4.69, 9.17) is 16.2 Å². The quantitative estimate of drug-likeness (QED) is 0.176. The minimum Gasteiger partial charge on any atom is -0.467 e. The zero-order valence-corrected chi connectivity index (χ0v) is 21.7. The van der Waals surface area contributed by atoms with Crippen molar-refractivity contribution in [1.29, 1.82) is 0 Å². The van der Waals surface area contributed by atoms with E-state index >= 15 is 0 Å². The number of benzene rings is 2. The molecule has 9 nitrogen and oxygen atoms in total. The van der Waals surface area contributed by atoms with Crippen molar-refractivity contribution in [3.8, 4) is 11.8 Å². The number of nitrogens with two attached hydrogens (primary N) is 2. The number of hydrogen-bond donors (Lipinski definition) is 4. The fourth-order valence-corrected chi connectivity index (χ4v) is 3.45. The zero-order valence-electron chi connectivity index (χ0n) is 21.7. The molecular weight excluding hydrogens is 470 g/mol. The highest BCUT2D eigenvalue weighted by Crippen LogP contribution is 2.22. The van der Waals surface area contributed by atoms with Gasteiger partial charge >= 0.3 is 5.97 Å². The topological polar surface area (TPSA) is 149 Å². The Morgan fingerprint density at radius 1 is 0.973 bits per heavy atom. The van der Waals surface area contributed by atoms with Crippen molar-refractivity contribution in [3.63, 3.8) is 0 Å². The Morgan fingerprint density at radius 3 is 2.11 bits per heavy atom. The number of nitrogens with zero attached hydrogens (tertiary/aromatic N) is 1. The van der Waals surface area contributed by atoms with Crippen molar-refractivity contribution in [2.75, 3.05) is 13.7 Å². The van der Waals surface area contributed by atoms with E-state index in [0.717, 1.165) is 16.7 Å². The molecule has 0 aliphatic heterocycles. The second-order valence-corrected chi connectivity index (χ2v) is 9.71. The monoisotopic (exact) mass is 505 g/mol. The van der Waals surface area contributed by atoms with E-state index in [1.807, 2.05) is 75.4 Å². The van der Waals surface area contributed by atoms with Gasteiger partial charge in [-0.25, -0.2) is 9.79 Å². The summed E-state index contributed by atoms with van der Waals surface area (Å²) in [5.41, 5.74) is 13.2. The molecule has 0 saturated carbocycles. The highest BCUT2D eigenvalue weighted by Gasteiger charge is 2.26. The Hall–Kier alpha value is -4.32. The lowest BCUT2D eigenvalue weighted by Crippen LogP contribution is -2.48. The van der Waals surface area contributed by atoms with Crippen LogP contribution in [0.5, 0.6) is 0 Å². The zero-order chi connectivity index (χ0) is 27.4. The highest BCUT2D eigenvalue weighted by molar-refractivity contribution is 5.91. The van der Waals surface area contributed by atoms with Crippen LogP contribution in [-0.4, -0.2) is 49.5 Å². The molecule has 37 heavy (non-hydrogen) atoms. The number of carbonyl (C=O) groups excluding carboxylic acids is 3. The van der Waals surface area contributed by atoms with Gasteiger partial charge in [-0.1, -0.05) is 62.9 Å². The van der Waals surface area contributed by atoms with E-state index in [-0.39, 0.29) is 24.3 Å². The first-order valence-electron chi connectivity index (χ1n) is 11.9. The van der Waals surface area contributed by atoms with Crippen molar-refractivity contribution < 1.29 is 19.1 Å². The minimum absolute atomic E-state index is 0.208. The van der Waals surface area contributed by atoms with Gasteiger partial charge in [-0.2, -0.15) is 0 Å². The van der Waals surface area contributed by atoms with Crippen LogP contribution >= 0.6 is 0 Å². The van der Waals surface area contributed by atoms with Crippen molar-refractivity contribution >= 4 is 23.7 Å². The largest absolute Gasteiger partial charge is 0.467 e. The van der Waals surface area contributed by atoms with Gasteiger partial charge < -0.3 is 26.8 Å². The molecule has 6 N–H and O–H groups in total. The Kier molecular flexibility index (Phi) is 10.7. The third-order valence-electron chi connectivity index (χ3n) is 5.18. The number of amides is 2. The van der Waals surface area contributed by atoms with Crippen molar-refractivity contribution in [2.45, 2.75) is 45.7 Å². The molecule has 0 bridgehead atoms. The Balaban J connectivity index is 1.99. The van der Waals surface area contributed by atoms with Gasteiger partial charge in [0.25, 0.3) is 0 Å². The molecule has 0 aliphatic rings. The lowest BCUT2D eigenvalue weighted by atomic mass is 9.88. The molecule has 2 rings (SSSR count). The van der Waals surface area contributed by atoms with Crippen LogP contribution in [0.3, 0.4) is 0 Å². The van der Waals surface area contributed by atoms with Crippen LogP contribution in [0.4, 0.5) is 0 Å². The molecule has 0 aliphatic carbocycles. The standard InChI is InChI=1S/C28H35N5O4/c1-28(2,3)17-23(33-27(29)30)25(35)31-18-24(34)32-22(26(36)37-4)16-21-14-12-20(13-15-21)11-10-19-8-6-5-7-9-19/h5-9,12-15,22-23H,16-18H2,1-4H3,(H,31,35)(H,32,34)(H4,29,30,33)/t22-,23+/m0/s1. The number of guanidine groups is 1. The van der Waals surface area contributed by atoms with E-state index in [2.05, 4.69) is 27.5 Å². The summed E-state index contributed by atoms with van der Waals surface area (Å²) in [5, 5.41) is 5.15. The van der Waals surface area contributed by atoms with Gasteiger partial charge in [-0.15, -0.1) is 0 Å². The Bertz CT molecular complexity index is 1160. The maximum Gasteiger partial charge on any atom is 0.328 e. The molecule has 2 atom stereocenters. The van der Waals surface area contributed by atoms with Gasteiger partial charge in [0.05, 0.1) is 13.7 Å². The smallest absolute Gasteiger partial charge is 0.328 e. The van der Waals surface area contributed by atoms with Crippen LogP contribution < -0.4 is 22.1 Å². The highest BCUT2D eigenvalue weighted by atomic mass is 16.5. The summed E-state index contributed by atoms with van der Waals surface area (Å²) >= 11 is 0. The van der Waals surface area contributed by atoms with Crippen LogP contribution in [0.1, 0.15) is 43.9 Å². The van der Waals surface area contributed by atoms with E-state index in [0.29, 0.717) is 6.42 Å². The average molecular weight is 506 g/mol. The lowest BCUT2D eigenvalue weighted by molar-refractivity contribution is -0.145. The van der Waals surface area contributed by atoms with E-state index in [1.165, 1.54) is 7.11 Å². The SMILES string of the molecule is COC(=O)[C@H](Cc1ccc(C#Cc2ccccc2)cc1)NC(=O)CNC(=O)[C@@H](CC(C)(C)C)N=C(N)N. The molecule has 196 valence electrons. The predicted molar refractivity (Wildman–Crippen MR) is 143 cm³/mol. The molecule has 0 unspecified atom stereocenters. The van der Waals surface area contributed by atoms with Gasteiger partial charge in [-0.3, -0.25) is 9.59 Å². The molecule has 2 amide bonds. The number of esters is 1. The normalized spacial score (nSPS) is 12.2. The van der Waals surface area contributed by atoms with Crippen LogP contribution in [0, 0.1) is 17.3 Å². The van der Waals surface area contributed by atoms with Gasteiger partial charge in [0.1, 0.15) is 12.1 Å². The molecule has 0 heterocycles. The fraction of sp³-hybridized carbons (Fsp3) is 0.357. The number of ether oxygens (including phenoxy) is 1. The number of aliphatic imine (C=N–C) groups is 1. The second-order valence-electron chi connectivity index (χ2n) is 9.71. The van der Waals surface area contributed by atoms with E-state index in [9.17, 15) is 14.4 Å². The molecule has 0 fully saturated rings. The van der Waals surface area contributed by atoms with Crippen LogP contribution in [0.15, 0.2) is 59.6 Å². The summed E-state index contributed by atoms with van der Waals surface area (Å²) in [6.07, 6.45) is 0.592. The van der Waals surface area contributed by atoms with Gasteiger partial charge in [-0.05, 0) is 41.7 Å². The molecule has 0 aromatic heterocycles. The number of nitrogens with one attached hydrogen (secondary N) is 2. The maximum absolute atomic E-state index is 12.6. The first-order chi connectivity index (χ1) is 17.5. The van der Waals surface area contributed by atoms with Crippen molar-refractivity contribution in [1.82, 2.24) is 10.6 Å². The number of carbonyl (C=O) groups is 3. The summed E-state index contributed by atoms with van der Waals surface area (Å²) in [5.74, 6) is 4.34. The number of hydrogen-bond acceptors (Lipinski definition) is 5. The van der Waals surface area contributed by atoms with Crippen LogP contribution in [0.2, 0.25) is 0 Å². The minimum atomic E-state index is -0.932. The van der Waals surface area contributed by atoms with Gasteiger partial charge in [0.15, 0.2) is 5.96 Å².